The van der Waals surface area contributed by atoms with E-state index in [1.807, 2.05) is 0 Å². The van der Waals surface area contributed by atoms with Crippen LogP contribution < -0.4 is 0 Å². The summed E-state index contributed by atoms with van der Waals surface area (Å²) in [6, 6.07) is 0.870. The van der Waals surface area contributed by atoms with E-state index in [1.165, 1.54) is 12.8 Å². The van der Waals surface area contributed by atoms with E-state index < -0.39 is 8.80 Å². The Balaban J connectivity index is 5.31. The predicted octanol–water partition coefficient (Wildman–Crippen LogP) is 6.59. The van der Waals surface area contributed by atoms with Gasteiger partial charge in [-0.05, 0) is 80.6 Å². The third-order valence-corrected chi connectivity index (χ3v) is 6.78. The molecule has 0 N–H and O–H groups in total. The number of rotatable bonds is 7. The lowest BCUT2D eigenvalue weighted by atomic mass is 9.90. The van der Waals surface area contributed by atoms with Crippen LogP contribution in [0.4, 0.5) is 0 Å². The van der Waals surface area contributed by atoms with E-state index in [2.05, 4.69) is 83.1 Å². The second-order valence-corrected chi connectivity index (χ2v) is 13.6. The molecule has 0 radical (unpaired) electrons. The van der Waals surface area contributed by atoms with Gasteiger partial charge in [0.05, 0.1) is 16.8 Å². The van der Waals surface area contributed by atoms with Gasteiger partial charge in [-0.1, -0.05) is 27.2 Å². The molecule has 0 fully saturated rings. The van der Waals surface area contributed by atoms with Crippen molar-refractivity contribution in [2.24, 2.45) is 5.41 Å². The van der Waals surface area contributed by atoms with Crippen LogP contribution in [0, 0.1) is 5.41 Å². The van der Waals surface area contributed by atoms with Crippen LogP contribution in [0.2, 0.25) is 6.04 Å². The zero-order valence-electron chi connectivity index (χ0n) is 18.6. The lowest BCUT2D eigenvalue weighted by Gasteiger charge is -2.43. The summed E-state index contributed by atoms with van der Waals surface area (Å²) in [5.41, 5.74) is -0.489. The minimum atomic E-state index is -2.80. The average Bonchev–Trinajstić information content (AvgIpc) is 2.14. The quantitative estimate of drug-likeness (QED) is 0.379. The van der Waals surface area contributed by atoms with E-state index in [-0.39, 0.29) is 16.8 Å². The highest BCUT2D eigenvalue weighted by atomic mass is 28.4. The van der Waals surface area contributed by atoms with Gasteiger partial charge in [-0.2, -0.15) is 0 Å². The molecule has 0 unspecified atom stereocenters. The van der Waals surface area contributed by atoms with Crippen molar-refractivity contribution in [1.29, 1.82) is 0 Å². The summed E-state index contributed by atoms with van der Waals surface area (Å²) in [7, 11) is -2.80. The third kappa shape index (κ3) is 13.4. The van der Waals surface area contributed by atoms with Gasteiger partial charge in [0.15, 0.2) is 0 Å². The first-order chi connectivity index (χ1) is 10.3. The fourth-order valence-corrected chi connectivity index (χ4v) is 6.53. The van der Waals surface area contributed by atoms with Crippen molar-refractivity contribution < 1.29 is 13.3 Å². The second-order valence-electron chi connectivity index (χ2n) is 11.1. The summed E-state index contributed by atoms with van der Waals surface area (Å²) in [6.45, 7) is 25.6. The molecule has 0 spiro atoms. The van der Waals surface area contributed by atoms with Crippen molar-refractivity contribution in [2.45, 2.75) is 125 Å². The Labute approximate surface area is 153 Å². The van der Waals surface area contributed by atoms with E-state index in [0.29, 0.717) is 5.41 Å². The van der Waals surface area contributed by atoms with Crippen molar-refractivity contribution in [3.8, 4) is 0 Å². The van der Waals surface area contributed by atoms with Crippen LogP contribution in [-0.4, -0.2) is 25.6 Å². The minimum Gasteiger partial charge on any atom is -0.368 e. The molecule has 0 atom stereocenters. The Bertz CT molecular complexity index is 324. The van der Waals surface area contributed by atoms with Gasteiger partial charge in [-0.25, -0.2) is 0 Å². The highest BCUT2D eigenvalue weighted by molar-refractivity contribution is 6.61. The molecule has 146 valence electrons. The van der Waals surface area contributed by atoms with Crippen LogP contribution in [0.25, 0.3) is 0 Å². The first-order valence-corrected chi connectivity index (χ1v) is 11.4. The molecular weight excluding hydrogens is 316 g/mol. The molecule has 4 heteroatoms. The van der Waals surface area contributed by atoms with Crippen LogP contribution in [0.1, 0.15) is 102 Å². The Morgan fingerprint density at radius 1 is 0.542 bits per heavy atom. The summed E-state index contributed by atoms with van der Waals surface area (Å²) >= 11 is 0. The Kier molecular flexibility index (Phi) is 8.23. The Morgan fingerprint density at radius 3 is 1.12 bits per heavy atom. The molecule has 0 aromatic rings. The van der Waals surface area contributed by atoms with Gasteiger partial charge in [-0.3, -0.25) is 0 Å². The lowest BCUT2D eigenvalue weighted by Crippen LogP contribution is -2.57. The van der Waals surface area contributed by atoms with E-state index in [4.69, 9.17) is 13.3 Å². The van der Waals surface area contributed by atoms with Crippen molar-refractivity contribution in [1.82, 2.24) is 0 Å². The summed E-state index contributed by atoms with van der Waals surface area (Å²) in [5, 5.41) is 0. The van der Waals surface area contributed by atoms with Gasteiger partial charge < -0.3 is 13.3 Å². The summed E-state index contributed by atoms with van der Waals surface area (Å²) in [5.74, 6) is 0. The van der Waals surface area contributed by atoms with Gasteiger partial charge in [-0.15, -0.1) is 0 Å². The van der Waals surface area contributed by atoms with E-state index in [1.54, 1.807) is 0 Å². The summed E-state index contributed by atoms with van der Waals surface area (Å²) in [6.07, 6.45) is 3.45. The zero-order chi connectivity index (χ0) is 19.4. The molecule has 0 aromatic carbocycles. The van der Waals surface area contributed by atoms with Crippen molar-refractivity contribution >= 4 is 8.80 Å². The smallest absolute Gasteiger partial charge is 0.368 e. The van der Waals surface area contributed by atoms with E-state index in [0.717, 1.165) is 12.5 Å². The number of hydrogen-bond donors (Lipinski definition) is 0. The molecule has 0 saturated carbocycles. The fourth-order valence-electron chi connectivity index (χ4n) is 2.61. The molecule has 0 saturated heterocycles. The van der Waals surface area contributed by atoms with E-state index in [9.17, 15) is 0 Å². The molecule has 0 amide bonds. The molecular formula is C20H44O3Si. The summed E-state index contributed by atoms with van der Waals surface area (Å²) < 4.78 is 19.5. The molecule has 0 aliphatic rings. The van der Waals surface area contributed by atoms with Gasteiger partial charge in [0, 0.05) is 6.04 Å². The van der Waals surface area contributed by atoms with Crippen molar-refractivity contribution in [3.63, 3.8) is 0 Å². The van der Waals surface area contributed by atoms with Crippen LogP contribution in [0.15, 0.2) is 0 Å². The molecule has 0 aliphatic carbocycles. The van der Waals surface area contributed by atoms with Crippen molar-refractivity contribution in [2.75, 3.05) is 0 Å². The predicted molar refractivity (Wildman–Crippen MR) is 106 cm³/mol. The first-order valence-electron chi connectivity index (χ1n) is 9.43. The molecule has 0 aliphatic heterocycles. The Morgan fingerprint density at radius 2 is 0.875 bits per heavy atom. The first kappa shape index (κ1) is 24.1. The summed E-state index contributed by atoms with van der Waals surface area (Å²) in [4.78, 5) is 0. The minimum absolute atomic E-state index is 0.285. The molecule has 0 rings (SSSR count). The monoisotopic (exact) mass is 360 g/mol. The van der Waals surface area contributed by atoms with Gasteiger partial charge in [0.25, 0.3) is 0 Å². The second kappa shape index (κ2) is 8.19. The molecule has 0 bridgehead atoms. The molecule has 0 aromatic heterocycles. The largest absolute Gasteiger partial charge is 0.502 e. The Hall–Kier alpha value is 0.0969. The zero-order valence-corrected chi connectivity index (χ0v) is 19.6. The van der Waals surface area contributed by atoms with Gasteiger partial charge >= 0.3 is 8.80 Å². The molecule has 0 heterocycles. The van der Waals surface area contributed by atoms with Gasteiger partial charge in [0.2, 0.25) is 0 Å². The fraction of sp³-hybridized carbons (Fsp3) is 1.00. The highest BCUT2D eigenvalue weighted by Crippen LogP contribution is 2.34. The van der Waals surface area contributed by atoms with E-state index >= 15 is 0 Å². The lowest BCUT2D eigenvalue weighted by molar-refractivity contribution is -0.0755. The topological polar surface area (TPSA) is 27.7 Å². The normalized spacial score (nSPS) is 15.0. The van der Waals surface area contributed by atoms with Crippen LogP contribution in [0.5, 0.6) is 0 Å². The van der Waals surface area contributed by atoms with Crippen LogP contribution in [0.3, 0.4) is 0 Å². The maximum absolute atomic E-state index is 6.50. The highest BCUT2D eigenvalue weighted by Gasteiger charge is 2.49. The molecule has 24 heavy (non-hydrogen) atoms. The number of hydrogen-bond acceptors (Lipinski definition) is 3. The maximum Gasteiger partial charge on any atom is 0.502 e. The van der Waals surface area contributed by atoms with Crippen molar-refractivity contribution in [3.05, 3.63) is 0 Å². The third-order valence-electron chi connectivity index (χ3n) is 3.04. The number of unbranched alkanes of at least 4 members (excludes halogenated alkanes) is 1. The average molecular weight is 361 g/mol. The molecule has 3 nitrogen and oxygen atoms in total. The van der Waals surface area contributed by atoms with Crippen LogP contribution in [-0.2, 0) is 13.3 Å². The van der Waals surface area contributed by atoms with Crippen LogP contribution >= 0.6 is 0 Å². The van der Waals surface area contributed by atoms with Gasteiger partial charge in [0.1, 0.15) is 0 Å². The standard InChI is InChI=1S/C20H44O3Si/c1-17(2,3)15-13-14-16-24(21-18(4,5)6,22-19(7,8)9)23-20(10,11)12/h13-16H2,1-12H3. The SMILES string of the molecule is CC(C)(C)CCCC[Si](OC(C)(C)C)(OC(C)(C)C)OC(C)(C)C. The maximum atomic E-state index is 6.50.